The molecule has 1 amide bonds. The Kier molecular flexibility index (Phi) is 3.57. The van der Waals surface area contributed by atoms with Gasteiger partial charge in [0.05, 0.1) is 17.4 Å². The molecule has 2 aromatic rings. The number of carbonyl (C=O) groups excluding carboxylic acids is 1. The third-order valence-corrected chi connectivity index (χ3v) is 2.72. The Morgan fingerprint density at radius 1 is 1.32 bits per heavy atom. The number of carboxylic acid groups (broad SMARTS) is 1. The number of amides is 1. The zero-order valence-corrected chi connectivity index (χ0v) is 10.7. The smallest absolute Gasteiger partial charge is 0.335 e. The Morgan fingerprint density at radius 2 is 2.05 bits per heavy atom. The largest absolute Gasteiger partial charge is 0.478 e. The molecule has 2 rings (SSSR count). The zero-order valence-electron chi connectivity index (χ0n) is 9.94. The summed E-state index contributed by atoms with van der Waals surface area (Å²) in [5, 5.41) is 11.7. The molecule has 0 aliphatic heterocycles. The fraction of sp³-hybridized carbons (Fsp3) is 0.0769. The van der Waals surface area contributed by atoms with Crippen molar-refractivity contribution >= 4 is 29.2 Å². The van der Waals surface area contributed by atoms with Gasteiger partial charge in [-0.05, 0) is 31.2 Å². The van der Waals surface area contributed by atoms with Gasteiger partial charge < -0.3 is 14.8 Å². The van der Waals surface area contributed by atoms with Crippen LogP contribution in [0.2, 0.25) is 5.02 Å². The van der Waals surface area contributed by atoms with Crippen molar-refractivity contribution in [1.29, 1.82) is 0 Å². The molecule has 0 saturated carbocycles. The van der Waals surface area contributed by atoms with E-state index in [1.807, 2.05) is 0 Å². The number of carbonyl (C=O) groups is 2. The van der Waals surface area contributed by atoms with Crippen LogP contribution in [0, 0.1) is 6.92 Å². The van der Waals surface area contributed by atoms with Crippen LogP contribution in [-0.2, 0) is 0 Å². The number of furan rings is 1. The second-order valence-corrected chi connectivity index (χ2v) is 4.31. The number of benzene rings is 1. The summed E-state index contributed by atoms with van der Waals surface area (Å²) < 4.78 is 5.03. The van der Waals surface area contributed by atoms with Crippen molar-refractivity contribution in [3.8, 4) is 0 Å². The molecule has 5 nitrogen and oxygen atoms in total. The number of anilines is 1. The summed E-state index contributed by atoms with van der Waals surface area (Å²) in [4.78, 5) is 22.8. The molecular formula is C13H10ClNO4. The predicted octanol–water partition coefficient (Wildman–Crippen LogP) is 3.19. The molecule has 0 bridgehead atoms. The first-order chi connectivity index (χ1) is 8.97. The second-order valence-electron chi connectivity index (χ2n) is 3.88. The minimum Gasteiger partial charge on any atom is -0.478 e. The highest BCUT2D eigenvalue weighted by molar-refractivity contribution is 6.31. The first-order valence-electron chi connectivity index (χ1n) is 5.36. The van der Waals surface area contributed by atoms with E-state index < -0.39 is 5.97 Å². The summed E-state index contributed by atoms with van der Waals surface area (Å²) in [6.45, 7) is 1.66. The Labute approximate surface area is 113 Å². The SMILES string of the molecule is Cc1occc1C(=O)Nc1cc(Cl)cc(C(=O)O)c1. The van der Waals surface area contributed by atoms with Crippen LogP contribution in [0.25, 0.3) is 0 Å². The molecule has 19 heavy (non-hydrogen) atoms. The monoisotopic (exact) mass is 279 g/mol. The lowest BCUT2D eigenvalue weighted by atomic mass is 10.2. The van der Waals surface area contributed by atoms with Crippen LogP contribution in [0.15, 0.2) is 34.9 Å². The lowest BCUT2D eigenvalue weighted by Crippen LogP contribution is -2.12. The van der Waals surface area contributed by atoms with Gasteiger partial charge in [0.2, 0.25) is 0 Å². The van der Waals surface area contributed by atoms with Crippen molar-refractivity contribution in [2.24, 2.45) is 0 Å². The summed E-state index contributed by atoms with van der Waals surface area (Å²) >= 11 is 5.80. The van der Waals surface area contributed by atoms with Crippen LogP contribution in [0.3, 0.4) is 0 Å². The lowest BCUT2D eigenvalue weighted by molar-refractivity contribution is 0.0696. The van der Waals surface area contributed by atoms with E-state index in [2.05, 4.69) is 5.32 Å². The molecule has 1 aromatic heterocycles. The lowest BCUT2D eigenvalue weighted by Gasteiger charge is -2.06. The van der Waals surface area contributed by atoms with E-state index in [0.29, 0.717) is 17.0 Å². The maximum absolute atomic E-state index is 11.9. The van der Waals surface area contributed by atoms with E-state index >= 15 is 0 Å². The Bertz CT molecular complexity index is 648. The average Bonchev–Trinajstić information content (AvgIpc) is 2.74. The van der Waals surface area contributed by atoms with Gasteiger partial charge in [-0.1, -0.05) is 11.6 Å². The third kappa shape index (κ3) is 2.95. The van der Waals surface area contributed by atoms with E-state index in [1.165, 1.54) is 30.5 Å². The van der Waals surface area contributed by atoms with Crippen molar-refractivity contribution in [3.63, 3.8) is 0 Å². The fourth-order valence-corrected chi connectivity index (χ4v) is 1.84. The highest BCUT2D eigenvalue weighted by Crippen LogP contribution is 2.20. The molecule has 1 heterocycles. The molecule has 0 unspecified atom stereocenters. The number of aromatic carboxylic acids is 1. The van der Waals surface area contributed by atoms with E-state index in [1.54, 1.807) is 6.92 Å². The number of hydrogen-bond acceptors (Lipinski definition) is 3. The first-order valence-corrected chi connectivity index (χ1v) is 5.74. The molecule has 6 heteroatoms. The maximum Gasteiger partial charge on any atom is 0.335 e. The highest BCUT2D eigenvalue weighted by atomic mass is 35.5. The average molecular weight is 280 g/mol. The Hall–Kier alpha value is -2.27. The van der Waals surface area contributed by atoms with Crippen LogP contribution >= 0.6 is 11.6 Å². The number of aryl methyl sites for hydroxylation is 1. The molecule has 1 aromatic carbocycles. The fourth-order valence-electron chi connectivity index (χ4n) is 1.60. The van der Waals surface area contributed by atoms with Crippen molar-refractivity contribution in [1.82, 2.24) is 0 Å². The van der Waals surface area contributed by atoms with Crippen molar-refractivity contribution in [2.45, 2.75) is 6.92 Å². The predicted molar refractivity (Wildman–Crippen MR) is 69.8 cm³/mol. The van der Waals surface area contributed by atoms with Gasteiger partial charge >= 0.3 is 5.97 Å². The Morgan fingerprint density at radius 3 is 2.63 bits per heavy atom. The zero-order chi connectivity index (χ0) is 14.0. The van der Waals surface area contributed by atoms with Gasteiger partial charge in [-0.2, -0.15) is 0 Å². The van der Waals surface area contributed by atoms with E-state index in [0.717, 1.165) is 0 Å². The van der Waals surface area contributed by atoms with Crippen LogP contribution in [0.4, 0.5) is 5.69 Å². The highest BCUT2D eigenvalue weighted by Gasteiger charge is 2.13. The molecule has 0 atom stereocenters. The molecule has 98 valence electrons. The number of carboxylic acids is 1. The first kappa shape index (κ1) is 13.2. The molecule has 0 fully saturated rings. The summed E-state index contributed by atoms with van der Waals surface area (Å²) in [5.74, 6) is -1.01. The number of nitrogens with one attached hydrogen (secondary N) is 1. The second kappa shape index (κ2) is 5.16. The summed E-state index contributed by atoms with van der Waals surface area (Å²) in [7, 11) is 0. The quantitative estimate of drug-likeness (QED) is 0.904. The molecule has 0 aliphatic carbocycles. The maximum atomic E-state index is 11.9. The van der Waals surface area contributed by atoms with Gasteiger partial charge in [0.25, 0.3) is 5.91 Å². The topological polar surface area (TPSA) is 79.5 Å². The van der Waals surface area contributed by atoms with E-state index in [9.17, 15) is 9.59 Å². The van der Waals surface area contributed by atoms with Gasteiger partial charge in [-0.15, -0.1) is 0 Å². The van der Waals surface area contributed by atoms with Crippen LogP contribution < -0.4 is 5.32 Å². The minimum absolute atomic E-state index is 0.00622. The van der Waals surface area contributed by atoms with Crippen molar-refractivity contribution in [2.75, 3.05) is 5.32 Å². The normalized spacial score (nSPS) is 10.2. The van der Waals surface area contributed by atoms with Gasteiger partial charge in [-0.25, -0.2) is 4.79 Å². The van der Waals surface area contributed by atoms with Gasteiger partial charge in [-0.3, -0.25) is 4.79 Å². The number of halogens is 1. The molecular weight excluding hydrogens is 270 g/mol. The standard InChI is InChI=1S/C13H10ClNO4/c1-7-11(2-3-19-7)12(16)15-10-5-8(13(17)18)4-9(14)6-10/h2-6H,1H3,(H,15,16)(H,17,18). The van der Waals surface area contributed by atoms with Gasteiger partial charge in [0.1, 0.15) is 5.76 Å². The van der Waals surface area contributed by atoms with Gasteiger partial charge in [0.15, 0.2) is 0 Å². The molecule has 0 radical (unpaired) electrons. The summed E-state index contributed by atoms with van der Waals surface area (Å²) in [6, 6.07) is 5.65. The van der Waals surface area contributed by atoms with Crippen LogP contribution in [-0.4, -0.2) is 17.0 Å². The van der Waals surface area contributed by atoms with Crippen LogP contribution in [0.5, 0.6) is 0 Å². The number of rotatable bonds is 3. The molecule has 0 aliphatic rings. The molecule has 0 saturated heterocycles. The van der Waals surface area contributed by atoms with Crippen LogP contribution in [0.1, 0.15) is 26.5 Å². The minimum atomic E-state index is -1.11. The molecule has 0 spiro atoms. The Balaban J connectivity index is 2.26. The van der Waals surface area contributed by atoms with E-state index in [-0.39, 0.29) is 16.5 Å². The summed E-state index contributed by atoms with van der Waals surface area (Å²) in [5.41, 5.74) is 0.707. The third-order valence-electron chi connectivity index (χ3n) is 2.51. The number of hydrogen-bond donors (Lipinski definition) is 2. The van der Waals surface area contributed by atoms with Crippen molar-refractivity contribution in [3.05, 3.63) is 52.4 Å². The van der Waals surface area contributed by atoms with E-state index in [4.69, 9.17) is 21.1 Å². The van der Waals surface area contributed by atoms with Gasteiger partial charge in [0, 0.05) is 10.7 Å². The van der Waals surface area contributed by atoms with Crippen molar-refractivity contribution < 1.29 is 19.1 Å². The molecule has 2 N–H and O–H groups in total. The summed E-state index contributed by atoms with van der Waals surface area (Å²) in [6.07, 6.45) is 1.41.